The molecule has 0 aliphatic heterocycles. The number of ether oxygens (including phenoxy) is 1. The van der Waals surface area contributed by atoms with Crippen molar-refractivity contribution in [2.75, 3.05) is 6.61 Å². The van der Waals surface area contributed by atoms with Gasteiger partial charge in [-0.2, -0.15) is 0 Å². The Morgan fingerprint density at radius 1 is 1.58 bits per heavy atom. The first-order valence-electron chi connectivity index (χ1n) is 3.62. The molecule has 0 aliphatic rings. The maximum absolute atomic E-state index is 10.6. The second-order valence-electron chi connectivity index (χ2n) is 2.26. The van der Waals surface area contributed by atoms with Crippen LogP contribution in [-0.4, -0.2) is 29.8 Å². The Labute approximate surface area is 70.0 Å². The van der Waals surface area contributed by atoms with E-state index in [9.17, 15) is 14.7 Å². The fraction of sp³-hybridized carbons (Fsp3) is 0.714. The van der Waals surface area contributed by atoms with Crippen LogP contribution in [0.2, 0.25) is 0 Å². The average Bonchev–Trinajstić information content (AvgIpc) is 2.00. The largest absolute Gasteiger partial charge is 0.547 e. The van der Waals surface area contributed by atoms with Crippen LogP contribution < -0.4 is 5.11 Å². The van der Waals surface area contributed by atoms with Crippen LogP contribution in [0.15, 0.2) is 0 Å². The minimum Gasteiger partial charge on any atom is -0.547 e. The van der Waals surface area contributed by atoms with Gasteiger partial charge in [0, 0.05) is 0 Å². The third kappa shape index (κ3) is 4.68. The first kappa shape index (κ1) is 10.9. The number of rotatable bonds is 5. The average molecular weight is 175 g/mol. The summed E-state index contributed by atoms with van der Waals surface area (Å²) in [7, 11) is 0. The molecule has 0 radical (unpaired) electrons. The molecular formula is C7H11O5-. The van der Waals surface area contributed by atoms with E-state index < -0.39 is 24.5 Å². The topological polar surface area (TPSA) is 86.7 Å². The molecule has 0 spiro atoms. The zero-order chi connectivity index (χ0) is 9.56. The van der Waals surface area contributed by atoms with E-state index in [1.165, 1.54) is 0 Å². The van der Waals surface area contributed by atoms with Gasteiger partial charge in [0.15, 0.2) is 0 Å². The van der Waals surface area contributed by atoms with Gasteiger partial charge in [-0.1, -0.05) is 6.92 Å². The molecule has 0 aromatic carbocycles. The Morgan fingerprint density at radius 2 is 2.17 bits per heavy atom. The van der Waals surface area contributed by atoms with Crippen LogP contribution in [0.25, 0.3) is 0 Å². The highest BCUT2D eigenvalue weighted by molar-refractivity contribution is 5.79. The van der Waals surface area contributed by atoms with E-state index in [-0.39, 0.29) is 6.61 Å². The van der Waals surface area contributed by atoms with Crippen molar-refractivity contribution in [3.63, 3.8) is 0 Å². The molecule has 12 heavy (non-hydrogen) atoms. The van der Waals surface area contributed by atoms with Gasteiger partial charge in [0.25, 0.3) is 0 Å². The monoisotopic (exact) mass is 175 g/mol. The maximum Gasteiger partial charge on any atom is 0.308 e. The molecule has 5 nitrogen and oxygen atoms in total. The molecule has 1 atom stereocenters. The molecule has 5 heteroatoms. The summed E-state index contributed by atoms with van der Waals surface area (Å²) in [6, 6.07) is 0. The van der Waals surface area contributed by atoms with Crippen molar-refractivity contribution in [3.8, 4) is 0 Å². The number of hydrogen-bond donors (Lipinski definition) is 1. The minimum absolute atomic E-state index is 0.235. The number of aliphatic carboxylic acids is 1. The molecular weight excluding hydrogens is 164 g/mol. The lowest BCUT2D eigenvalue weighted by atomic mass is 10.2. The minimum atomic E-state index is -1.77. The van der Waals surface area contributed by atoms with E-state index >= 15 is 0 Å². The Hall–Kier alpha value is -1.10. The van der Waals surface area contributed by atoms with Crippen LogP contribution in [0.1, 0.15) is 19.8 Å². The number of carboxylic acid groups (broad SMARTS) is 1. The van der Waals surface area contributed by atoms with Gasteiger partial charge in [0.1, 0.15) is 6.10 Å². The van der Waals surface area contributed by atoms with Gasteiger partial charge in [-0.25, -0.2) is 0 Å². The van der Waals surface area contributed by atoms with Crippen LogP contribution in [0.3, 0.4) is 0 Å². The van der Waals surface area contributed by atoms with Crippen molar-refractivity contribution < 1.29 is 24.5 Å². The van der Waals surface area contributed by atoms with Crippen molar-refractivity contribution >= 4 is 11.9 Å². The Bertz CT molecular complexity index is 165. The molecule has 0 saturated carbocycles. The third-order valence-corrected chi connectivity index (χ3v) is 1.10. The van der Waals surface area contributed by atoms with E-state index in [0.717, 1.165) is 0 Å². The van der Waals surface area contributed by atoms with Crippen molar-refractivity contribution in [2.45, 2.75) is 25.9 Å². The Kier molecular flexibility index (Phi) is 5.03. The summed E-state index contributed by atoms with van der Waals surface area (Å²) >= 11 is 0. The second kappa shape index (κ2) is 5.54. The normalized spacial score (nSPS) is 12.2. The predicted molar refractivity (Wildman–Crippen MR) is 36.9 cm³/mol. The van der Waals surface area contributed by atoms with E-state index in [1.54, 1.807) is 0 Å². The van der Waals surface area contributed by atoms with Crippen LogP contribution >= 0.6 is 0 Å². The Balaban J connectivity index is 3.61. The van der Waals surface area contributed by atoms with Crippen LogP contribution in [0.4, 0.5) is 0 Å². The number of hydrogen-bond acceptors (Lipinski definition) is 5. The van der Waals surface area contributed by atoms with Crippen molar-refractivity contribution in [3.05, 3.63) is 0 Å². The number of aliphatic hydroxyl groups excluding tert-OH is 1. The zero-order valence-corrected chi connectivity index (χ0v) is 6.78. The smallest absolute Gasteiger partial charge is 0.308 e. The highest BCUT2D eigenvalue weighted by Crippen LogP contribution is 1.94. The van der Waals surface area contributed by atoms with Gasteiger partial charge < -0.3 is 19.7 Å². The van der Waals surface area contributed by atoms with Crippen LogP contribution in [0.5, 0.6) is 0 Å². The lowest BCUT2D eigenvalue weighted by Crippen LogP contribution is -2.37. The highest BCUT2D eigenvalue weighted by Gasteiger charge is 2.11. The SMILES string of the molecule is CCCOC(=O)CC(O)C(=O)[O-]. The summed E-state index contributed by atoms with van der Waals surface area (Å²) < 4.78 is 4.52. The lowest BCUT2D eigenvalue weighted by molar-refractivity contribution is -0.315. The zero-order valence-electron chi connectivity index (χ0n) is 6.78. The fourth-order valence-corrected chi connectivity index (χ4v) is 0.516. The molecule has 0 saturated heterocycles. The molecule has 0 bridgehead atoms. The van der Waals surface area contributed by atoms with Gasteiger partial charge in [-0.3, -0.25) is 4.79 Å². The molecule has 0 amide bonds. The summed E-state index contributed by atoms with van der Waals surface area (Å²) in [5, 5.41) is 18.6. The van der Waals surface area contributed by atoms with E-state index in [1.807, 2.05) is 6.92 Å². The number of carbonyl (C=O) groups excluding carboxylic acids is 2. The van der Waals surface area contributed by atoms with Crippen molar-refractivity contribution in [2.24, 2.45) is 0 Å². The third-order valence-electron chi connectivity index (χ3n) is 1.10. The highest BCUT2D eigenvalue weighted by atomic mass is 16.5. The van der Waals surface area contributed by atoms with Crippen molar-refractivity contribution in [1.82, 2.24) is 0 Å². The maximum atomic E-state index is 10.6. The fourth-order valence-electron chi connectivity index (χ4n) is 0.516. The molecule has 70 valence electrons. The van der Waals surface area contributed by atoms with Gasteiger partial charge in [-0.15, -0.1) is 0 Å². The molecule has 0 aromatic heterocycles. The summed E-state index contributed by atoms with van der Waals surface area (Å²) in [6.45, 7) is 2.04. The van der Waals surface area contributed by atoms with Crippen LogP contribution in [-0.2, 0) is 14.3 Å². The van der Waals surface area contributed by atoms with Gasteiger partial charge >= 0.3 is 5.97 Å². The van der Waals surface area contributed by atoms with Gasteiger partial charge in [0.2, 0.25) is 0 Å². The van der Waals surface area contributed by atoms with Crippen molar-refractivity contribution in [1.29, 1.82) is 0 Å². The molecule has 0 aromatic rings. The first-order valence-corrected chi connectivity index (χ1v) is 3.62. The quantitative estimate of drug-likeness (QED) is 0.510. The van der Waals surface area contributed by atoms with E-state index in [4.69, 9.17) is 5.11 Å². The summed E-state index contributed by atoms with van der Waals surface area (Å²) in [4.78, 5) is 20.6. The van der Waals surface area contributed by atoms with Gasteiger partial charge in [0.05, 0.1) is 19.0 Å². The summed E-state index contributed by atoms with van der Waals surface area (Å²) in [6.07, 6.45) is -1.66. The molecule has 0 rings (SSSR count). The number of carboxylic acids is 1. The van der Waals surface area contributed by atoms with Gasteiger partial charge in [-0.05, 0) is 6.42 Å². The number of carbonyl (C=O) groups is 2. The first-order chi connectivity index (χ1) is 5.57. The molecule has 1 unspecified atom stereocenters. The predicted octanol–water partition coefficient (Wildman–Crippen LogP) is -1.56. The standard InChI is InChI=1S/C7H12O5/c1-2-3-12-6(9)4-5(8)7(10)11/h5,8H,2-4H2,1H3,(H,10,11)/p-1. The molecule has 0 aliphatic carbocycles. The lowest BCUT2D eigenvalue weighted by Gasteiger charge is -2.10. The van der Waals surface area contributed by atoms with E-state index in [2.05, 4.69) is 4.74 Å². The molecule has 0 heterocycles. The van der Waals surface area contributed by atoms with Crippen LogP contribution in [0, 0.1) is 0 Å². The molecule has 1 N–H and O–H groups in total. The number of esters is 1. The summed E-state index contributed by atoms with van der Waals surface area (Å²) in [5.41, 5.74) is 0. The molecule has 0 fully saturated rings. The number of aliphatic hydroxyl groups is 1. The van der Waals surface area contributed by atoms with E-state index in [0.29, 0.717) is 6.42 Å². The Morgan fingerprint density at radius 3 is 2.58 bits per heavy atom. The summed E-state index contributed by atoms with van der Waals surface area (Å²) in [5.74, 6) is -2.39. The second-order valence-corrected chi connectivity index (χ2v) is 2.26.